The summed E-state index contributed by atoms with van der Waals surface area (Å²) in [5, 5.41) is 5.67. The Morgan fingerprint density at radius 3 is 2.73 bits per heavy atom. The summed E-state index contributed by atoms with van der Waals surface area (Å²) in [6.45, 7) is 0. The van der Waals surface area contributed by atoms with Gasteiger partial charge in [-0.1, -0.05) is 54.6 Å². The molecule has 4 aromatic rings. The molecule has 1 aliphatic rings. The molecule has 0 spiro atoms. The smallest absolute Gasteiger partial charge is 0.258 e. The van der Waals surface area contributed by atoms with Crippen molar-refractivity contribution in [3.8, 4) is 11.3 Å². The number of hydrogen-bond donors (Lipinski definition) is 1. The fourth-order valence-electron chi connectivity index (χ4n) is 3.23. The van der Waals surface area contributed by atoms with E-state index in [9.17, 15) is 4.79 Å². The number of anilines is 1. The van der Waals surface area contributed by atoms with Gasteiger partial charge in [-0.25, -0.2) is 4.98 Å². The maximum absolute atomic E-state index is 12.8. The summed E-state index contributed by atoms with van der Waals surface area (Å²) in [6, 6.07) is 22.0. The van der Waals surface area contributed by atoms with E-state index in [1.54, 1.807) is 11.3 Å². The molecule has 0 unspecified atom stereocenters. The highest BCUT2D eigenvalue weighted by Gasteiger charge is 2.22. The van der Waals surface area contributed by atoms with Gasteiger partial charge < -0.3 is 0 Å². The zero-order valence-electron chi connectivity index (χ0n) is 13.7. The number of nitrogens with zero attached hydrogens (tertiary/aromatic N) is 1. The minimum atomic E-state index is -0.117. The molecule has 1 aliphatic heterocycles. The summed E-state index contributed by atoms with van der Waals surface area (Å²) < 4.78 is 0. The molecule has 0 saturated heterocycles. The first-order chi connectivity index (χ1) is 12.8. The van der Waals surface area contributed by atoms with Gasteiger partial charge in [-0.15, -0.1) is 23.1 Å². The highest BCUT2D eigenvalue weighted by Crippen LogP contribution is 2.44. The van der Waals surface area contributed by atoms with Crippen LogP contribution >= 0.6 is 23.1 Å². The maximum atomic E-state index is 12.8. The third-order valence-electron chi connectivity index (χ3n) is 4.45. The molecule has 126 valence electrons. The SMILES string of the molecule is O=C(Nc1nc2c(s1)CSc1ccccc1-2)c1cccc2ccccc12. The van der Waals surface area contributed by atoms with Gasteiger partial charge in [0.15, 0.2) is 5.13 Å². The van der Waals surface area contributed by atoms with Crippen molar-refractivity contribution in [2.45, 2.75) is 10.6 Å². The number of thioether (sulfide) groups is 1. The van der Waals surface area contributed by atoms with E-state index in [1.165, 1.54) is 9.77 Å². The van der Waals surface area contributed by atoms with E-state index in [4.69, 9.17) is 4.98 Å². The average Bonchev–Trinajstić information content (AvgIpc) is 3.10. The molecule has 0 bridgehead atoms. The Morgan fingerprint density at radius 2 is 1.77 bits per heavy atom. The van der Waals surface area contributed by atoms with Crippen molar-refractivity contribution in [2.75, 3.05) is 5.32 Å². The molecular weight excluding hydrogens is 360 g/mol. The third kappa shape index (κ3) is 2.60. The van der Waals surface area contributed by atoms with Gasteiger partial charge in [0, 0.05) is 26.7 Å². The lowest BCUT2D eigenvalue weighted by molar-refractivity contribution is 0.102. The van der Waals surface area contributed by atoms with Crippen molar-refractivity contribution in [3.63, 3.8) is 0 Å². The second-order valence-electron chi connectivity index (χ2n) is 6.06. The van der Waals surface area contributed by atoms with E-state index in [-0.39, 0.29) is 5.91 Å². The van der Waals surface area contributed by atoms with E-state index >= 15 is 0 Å². The number of carbonyl (C=O) groups is 1. The van der Waals surface area contributed by atoms with E-state index in [2.05, 4.69) is 17.4 Å². The second kappa shape index (κ2) is 6.27. The Kier molecular flexibility index (Phi) is 3.76. The minimum absolute atomic E-state index is 0.117. The van der Waals surface area contributed by atoms with E-state index in [0.717, 1.165) is 27.8 Å². The van der Waals surface area contributed by atoms with Gasteiger partial charge in [-0.05, 0) is 22.9 Å². The van der Waals surface area contributed by atoms with Crippen LogP contribution in [0.1, 0.15) is 15.2 Å². The van der Waals surface area contributed by atoms with Gasteiger partial charge in [0.05, 0.1) is 5.69 Å². The molecule has 5 rings (SSSR count). The number of aromatic nitrogens is 1. The van der Waals surface area contributed by atoms with Crippen LogP contribution in [0.15, 0.2) is 71.6 Å². The molecule has 0 radical (unpaired) electrons. The lowest BCUT2D eigenvalue weighted by Gasteiger charge is -2.13. The normalized spacial score (nSPS) is 12.5. The number of nitrogens with one attached hydrogen (secondary N) is 1. The number of hydrogen-bond acceptors (Lipinski definition) is 4. The Bertz CT molecular complexity index is 1140. The van der Waals surface area contributed by atoms with E-state index in [1.807, 2.05) is 66.4 Å². The molecule has 0 saturated carbocycles. The fourth-order valence-corrected chi connectivity index (χ4v) is 5.33. The first-order valence-corrected chi connectivity index (χ1v) is 10.1. The van der Waals surface area contributed by atoms with Crippen LogP contribution in [0.2, 0.25) is 0 Å². The van der Waals surface area contributed by atoms with Crippen molar-refractivity contribution < 1.29 is 4.79 Å². The zero-order chi connectivity index (χ0) is 17.5. The van der Waals surface area contributed by atoms with Crippen molar-refractivity contribution in [1.82, 2.24) is 4.98 Å². The zero-order valence-corrected chi connectivity index (χ0v) is 15.4. The quantitative estimate of drug-likeness (QED) is 0.480. The number of thiazole rings is 1. The van der Waals surface area contributed by atoms with Crippen LogP contribution in [-0.4, -0.2) is 10.9 Å². The van der Waals surface area contributed by atoms with Gasteiger partial charge in [-0.3, -0.25) is 10.1 Å². The third-order valence-corrected chi connectivity index (χ3v) is 6.71. The summed E-state index contributed by atoms with van der Waals surface area (Å²) in [5.74, 6) is 0.780. The average molecular weight is 374 g/mol. The predicted molar refractivity (Wildman–Crippen MR) is 109 cm³/mol. The molecule has 2 heterocycles. The number of fused-ring (bicyclic) bond motifs is 4. The van der Waals surface area contributed by atoms with Crippen LogP contribution in [-0.2, 0) is 5.75 Å². The van der Waals surface area contributed by atoms with Crippen LogP contribution in [0, 0.1) is 0 Å². The number of rotatable bonds is 2. The lowest BCUT2D eigenvalue weighted by Crippen LogP contribution is -2.12. The molecular formula is C21H14N2OS2. The Hall–Kier alpha value is -2.63. The number of benzene rings is 3. The van der Waals surface area contributed by atoms with Gasteiger partial charge >= 0.3 is 0 Å². The van der Waals surface area contributed by atoms with E-state index in [0.29, 0.717) is 10.7 Å². The maximum Gasteiger partial charge on any atom is 0.258 e. The topological polar surface area (TPSA) is 42.0 Å². The van der Waals surface area contributed by atoms with Gasteiger partial charge in [-0.2, -0.15) is 0 Å². The molecule has 5 heteroatoms. The summed E-state index contributed by atoms with van der Waals surface area (Å²) in [6.07, 6.45) is 0. The summed E-state index contributed by atoms with van der Waals surface area (Å²) in [4.78, 5) is 20.0. The van der Waals surface area contributed by atoms with Gasteiger partial charge in [0.1, 0.15) is 0 Å². The largest absolute Gasteiger partial charge is 0.298 e. The van der Waals surface area contributed by atoms with Crippen LogP contribution in [0.3, 0.4) is 0 Å². The molecule has 1 aromatic heterocycles. The Morgan fingerprint density at radius 1 is 0.962 bits per heavy atom. The van der Waals surface area contributed by atoms with Crippen molar-refractivity contribution in [3.05, 3.63) is 77.2 Å². The van der Waals surface area contributed by atoms with Crippen LogP contribution in [0.5, 0.6) is 0 Å². The molecule has 0 atom stereocenters. The summed E-state index contributed by atoms with van der Waals surface area (Å²) >= 11 is 3.38. The minimum Gasteiger partial charge on any atom is -0.298 e. The Balaban J connectivity index is 1.49. The van der Waals surface area contributed by atoms with E-state index < -0.39 is 0 Å². The molecule has 1 N–H and O–H groups in total. The van der Waals surface area contributed by atoms with Crippen LogP contribution in [0.4, 0.5) is 5.13 Å². The first-order valence-electron chi connectivity index (χ1n) is 8.30. The fraction of sp³-hybridized carbons (Fsp3) is 0.0476. The van der Waals surface area contributed by atoms with Gasteiger partial charge in [0.25, 0.3) is 5.91 Å². The van der Waals surface area contributed by atoms with Crippen molar-refractivity contribution >= 4 is 44.9 Å². The van der Waals surface area contributed by atoms with Gasteiger partial charge in [0.2, 0.25) is 0 Å². The highest BCUT2D eigenvalue weighted by atomic mass is 32.2. The predicted octanol–water partition coefficient (Wildman–Crippen LogP) is 5.82. The molecule has 0 aliphatic carbocycles. The van der Waals surface area contributed by atoms with Crippen molar-refractivity contribution in [1.29, 1.82) is 0 Å². The van der Waals surface area contributed by atoms with Crippen LogP contribution < -0.4 is 5.32 Å². The lowest BCUT2D eigenvalue weighted by atomic mass is 10.0. The van der Waals surface area contributed by atoms with Crippen LogP contribution in [0.25, 0.3) is 22.0 Å². The highest BCUT2D eigenvalue weighted by molar-refractivity contribution is 7.98. The summed E-state index contributed by atoms with van der Waals surface area (Å²) in [5.41, 5.74) is 2.82. The van der Waals surface area contributed by atoms with Crippen molar-refractivity contribution in [2.24, 2.45) is 0 Å². The molecule has 3 nitrogen and oxygen atoms in total. The molecule has 1 amide bonds. The summed E-state index contributed by atoms with van der Waals surface area (Å²) in [7, 11) is 0. The number of carbonyl (C=O) groups excluding carboxylic acids is 1. The molecule has 3 aromatic carbocycles. The number of amides is 1. The molecule has 0 fully saturated rings. The first kappa shape index (κ1) is 15.6. The Labute approximate surface area is 159 Å². The molecule has 26 heavy (non-hydrogen) atoms. The second-order valence-corrected chi connectivity index (χ2v) is 8.16. The standard InChI is InChI=1S/C21H14N2OS2/c24-20(15-10-5-7-13-6-1-2-8-14(13)15)23-21-22-19-16-9-3-4-11-17(16)25-12-18(19)26-21/h1-11H,12H2,(H,22,23,24). The monoisotopic (exact) mass is 374 g/mol.